The normalized spacial score (nSPS) is 14.8. The standard InChI is InChI=1S/C22H24ClN3O5S2/c1-29-19-11-15(12-20(30-2)21(19)31-3)18-14-32-22(24-18)25-7-9-26(10-8-25)33(27,28)17-6-4-5-16(23)13-17/h4-6,11-14H,7-10H2,1-3H3. The molecule has 0 amide bonds. The number of nitrogens with zero attached hydrogens (tertiary/aromatic N) is 3. The maximum absolute atomic E-state index is 12.9. The van der Waals surface area contributed by atoms with Crippen LogP contribution in [0.4, 0.5) is 5.13 Å². The lowest BCUT2D eigenvalue weighted by Gasteiger charge is -2.33. The van der Waals surface area contributed by atoms with Crippen molar-refractivity contribution in [2.45, 2.75) is 4.90 Å². The fourth-order valence-electron chi connectivity index (χ4n) is 3.67. The average molecular weight is 510 g/mol. The highest BCUT2D eigenvalue weighted by Gasteiger charge is 2.29. The molecule has 8 nitrogen and oxygen atoms in total. The molecule has 4 rings (SSSR count). The number of methoxy groups -OCH3 is 3. The molecule has 0 aliphatic carbocycles. The number of rotatable bonds is 7. The predicted molar refractivity (Wildman–Crippen MR) is 130 cm³/mol. The number of hydrogen-bond acceptors (Lipinski definition) is 8. The van der Waals surface area contributed by atoms with E-state index in [4.69, 9.17) is 30.8 Å². The highest BCUT2D eigenvalue weighted by atomic mass is 35.5. The highest BCUT2D eigenvalue weighted by molar-refractivity contribution is 7.89. The molecule has 0 atom stereocenters. The van der Waals surface area contributed by atoms with Crippen LogP contribution in [0.1, 0.15) is 0 Å². The molecule has 0 unspecified atom stereocenters. The summed E-state index contributed by atoms with van der Waals surface area (Å²) in [4.78, 5) is 7.08. The van der Waals surface area contributed by atoms with Crippen molar-refractivity contribution >= 4 is 38.1 Å². The van der Waals surface area contributed by atoms with Crippen LogP contribution >= 0.6 is 22.9 Å². The summed E-state index contributed by atoms with van der Waals surface area (Å²) in [5.41, 5.74) is 1.62. The SMILES string of the molecule is COc1cc(-c2csc(N3CCN(S(=O)(=O)c4cccc(Cl)c4)CC3)n2)cc(OC)c1OC. The van der Waals surface area contributed by atoms with Crippen molar-refractivity contribution in [1.29, 1.82) is 0 Å². The molecule has 1 saturated heterocycles. The van der Waals surface area contributed by atoms with E-state index in [1.807, 2.05) is 17.5 Å². The van der Waals surface area contributed by atoms with Crippen molar-refractivity contribution in [3.05, 3.63) is 46.8 Å². The summed E-state index contributed by atoms with van der Waals surface area (Å²) in [5, 5.41) is 3.20. The Bertz CT molecular complexity index is 1220. The van der Waals surface area contributed by atoms with Crippen LogP contribution in [-0.2, 0) is 10.0 Å². The van der Waals surface area contributed by atoms with Crippen LogP contribution in [0.5, 0.6) is 17.2 Å². The summed E-state index contributed by atoms with van der Waals surface area (Å²) < 4.78 is 43.7. The Balaban J connectivity index is 1.50. The lowest BCUT2D eigenvalue weighted by Crippen LogP contribution is -2.48. The van der Waals surface area contributed by atoms with Gasteiger partial charge >= 0.3 is 0 Å². The first-order chi connectivity index (χ1) is 15.9. The topological polar surface area (TPSA) is 81.2 Å². The van der Waals surface area contributed by atoms with Crippen LogP contribution in [0.15, 0.2) is 46.7 Å². The van der Waals surface area contributed by atoms with Gasteiger partial charge < -0.3 is 19.1 Å². The molecule has 0 radical (unpaired) electrons. The Labute approximate surface area is 202 Å². The molecule has 1 aliphatic heterocycles. The molecule has 2 aromatic carbocycles. The number of hydrogen-bond donors (Lipinski definition) is 0. The van der Waals surface area contributed by atoms with Gasteiger partial charge in [0.2, 0.25) is 15.8 Å². The fraction of sp³-hybridized carbons (Fsp3) is 0.318. The number of aromatic nitrogens is 1. The van der Waals surface area contributed by atoms with Gasteiger partial charge in [0.15, 0.2) is 16.6 Å². The third-order valence-corrected chi connectivity index (χ3v) is 8.43. The molecule has 2 heterocycles. The first-order valence-corrected chi connectivity index (χ1v) is 12.8. The van der Waals surface area contributed by atoms with Gasteiger partial charge in [0.1, 0.15) is 0 Å². The van der Waals surface area contributed by atoms with Crippen LogP contribution in [0.3, 0.4) is 0 Å². The zero-order chi connectivity index (χ0) is 23.6. The van der Waals surface area contributed by atoms with E-state index in [0.29, 0.717) is 48.5 Å². The molecule has 1 aromatic heterocycles. The van der Waals surface area contributed by atoms with E-state index in [1.54, 1.807) is 39.5 Å². The van der Waals surface area contributed by atoms with Crippen LogP contribution in [0.2, 0.25) is 5.02 Å². The molecule has 0 N–H and O–H groups in total. The second kappa shape index (κ2) is 9.76. The Kier molecular flexibility index (Phi) is 6.99. The van der Waals surface area contributed by atoms with Crippen LogP contribution < -0.4 is 19.1 Å². The Hall–Kier alpha value is -2.53. The lowest BCUT2D eigenvalue weighted by atomic mass is 10.1. The Morgan fingerprint density at radius 2 is 1.64 bits per heavy atom. The van der Waals surface area contributed by atoms with Crippen LogP contribution in [0.25, 0.3) is 11.3 Å². The maximum Gasteiger partial charge on any atom is 0.243 e. The molecule has 1 aliphatic rings. The maximum atomic E-state index is 12.9. The van der Waals surface area contributed by atoms with Crippen molar-refractivity contribution in [2.24, 2.45) is 0 Å². The molecule has 11 heteroatoms. The molecule has 0 bridgehead atoms. The minimum absolute atomic E-state index is 0.211. The smallest absolute Gasteiger partial charge is 0.243 e. The van der Waals surface area contributed by atoms with Crippen LogP contribution in [0, 0.1) is 0 Å². The minimum atomic E-state index is -3.58. The van der Waals surface area contributed by atoms with Crippen molar-refractivity contribution in [3.63, 3.8) is 0 Å². The van der Waals surface area contributed by atoms with E-state index in [-0.39, 0.29) is 4.90 Å². The third-order valence-electron chi connectivity index (χ3n) is 5.40. The predicted octanol–water partition coefficient (Wildman–Crippen LogP) is 4.00. The second-order valence-electron chi connectivity index (χ2n) is 7.28. The quantitative estimate of drug-likeness (QED) is 0.476. The van der Waals surface area contributed by atoms with E-state index in [1.165, 1.54) is 21.7 Å². The van der Waals surface area contributed by atoms with E-state index >= 15 is 0 Å². The fourth-order valence-corrected chi connectivity index (χ4v) is 6.28. The van der Waals surface area contributed by atoms with Crippen molar-refractivity contribution < 1.29 is 22.6 Å². The molecule has 33 heavy (non-hydrogen) atoms. The monoisotopic (exact) mass is 509 g/mol. The van der Waals surface area contributed by atoms with E-state index in [9.17, 15) is 8.42 Å². The van der Waals surface area contributed by atoms with Gasteiger partial charge in [-0.2, -0.15) is 4.31 Å². The lowest BCUT2D eigenvalue weighted by molar-refractivity contribution is 0.324. The van der Waals surface area contributed by atoms with Crippen molar-refractivity contribution in [2.75, 3.05) is 52.4 Å². The average Bonchev–Trinajstić information content (AvgIpc) is 3.33. The molecule has 3 aromatic rings. The van der Waals surface area contributed by atoms with E-state index in [2.05, 4.69) is 4.90 Å². The van der Waals surface area contributed by atoms with Gasteiger partial charge in [0, 0.05) is 42.1 Å². The van der Waals surface area contributed by atoms with Crippen LogP contribution in [-0.4, -0.2) is 65.2 Å². The second-order valence-corrected chi connectivity index (χ2v) is 10.5. The third kappa shape index (κ3) is 4.74. The number of sulfonamides is 1. The summed E-state index contributed by atoms with van der Waals surface area (Å²) >= 11 is 7.49. The minimum Gasteiger partial charge on any atom is -0.493 e. The van der Waals surface area contributed by atoms with Crippen molar-refractivity contribution in [3.8, 4) is 28.5 Å². The number of halogens is 1. The molecular weight excluding hydrogens is 486 g/mol. The molecule has 0 spiro atoms. The molecule has 1 fully saturated rings. The summed E-state index contributed by atoms with van der Waals surface area (Å²) in [6.45, 7) is 1.83. The van der Waals surface area contributed by atoms with Gasteiger partial charge in [-0.1, -0.05) is 17.7 Å². The van der Waals surface area contributed by atoms with Gasteiger partial charge in [0.25, 0.3) is 0 Å². The zero-order valence-corrected chi connectivity index (χ0v) is 20.8. The first-order valence-electron chi connectivity index (χ1n) is 10.1. The van der Waals surface area contributed by atoms with Gasteiger partial charge in [-0.3, -0.25) is 0 Å². The number of ether oxygens (including phenoxy) is 3. The molecule has 0 saturated carbocycles. The number of thiazole rings is 1. The van der Waals surface area contributed by atoms with Crippen molar-refractivity contribution in [1.82, 2.24) is 9.29 Å². The van der Waals surface area contributed by atoms with Gasteiger partial charge in [0.05, 0.1) is 31.9 Å². The Morgan fingerprint density at radius 1 is 0.970 bits per heavy atom. The summed E-state index contributed by atoms with van der Waals surface area (Å²) in [6, 6.07) is 10.1. The highest BCUT2D eigenvalue weighted by Crippen LogP contribution is 2.41. The summed E-state index contributed by atoms with van der Waals surface area (Å²) in [7, 11) is 1.13. The molecule has 176 valence electrons. The number of piperazine rings is 1. The largest absolute Gasteiger partial charge is 0.493 e. The van der Waals surface area contributed by atoms with E-state index in [0.717, 1.165) is 16.4 Å². The van der Waals surface area contributed by atoms with Gasteiger partial charge in [-0.15, -0.1) is 11.3 Å². The first kappa shape index (κ1) is 23.6. The van der Waals surface area contributed by atoms with Gasteiger partial charge in [-0.25, -0.2) is 13.4 Å². The zero-order valence-electron chi connectivity index (χ0n) is 18.4. The van der Waals surface area contributed by atoms with E-state index < -0.39 is 10.0 Å². The van der Waals surface area contributed by atoms with Gasteiger partial charge in [-0.05, 0) is 30.3 Å². The summed E-state index contributed by atoms with van der Waals surface area (Å²) in [6.07, 6.45) is 0. The number of benzene rings is 2. The molecular formula is C22H24ClN3O5S2. The Morgan fingerprint density at radius 3 is 2.21 bits per heavy atom. The summed E-state index contributed by atoms with van der Waals surface area (Å²) in [5.74, 6) is 1.64. The number of anilines is 1.